The number of hydrogen-bond acceptors (Lipinski definition) is 6. The van der Waals surface area contributed by atoms with E-state index in [4.69, 9.17) is 4.74 Å². The maximum Gasteiger partial charge on any atom is 0.434 e. The summed E-state index contributed by atoms with van der Waals surface area (Å²) in [4.78, 5) is 27.2. The van der Waals surface area contributed by atoms with E-state index in [0.29, 0.717) is 41.6 Å². The summed E-state index contributed by atoms with van der Waals surface area (Å²) < 4.78 is 45.6. The predicted octanol–water partition coefficient (Wildman–Crippen LogP) is 4.28. The number of fused-ring (bicyclic) bond motifs is 1. The van der Waals surface area contributed by atoms with Crippen molar-refractivity contribution in [2.45, 2.75) is 31.5 Å². The Balaban J connectivity index is 1.43. The standard InChI is InChI=1S/C24H21F3N6O2/c1-23(15-35-19-14-29-18(13-30-19)24(25,26)27)9-6-11-32(23)22(34)20-17-8-3-5-12-33(17)31-21(20)16-7-2-4-10-28-16/h2-5,7-8,10,12-14H,6,9,11,15H2,1H3/t23-/m0/s1. The van der Waals surface area contributed by atoms with Crippen molar-refractivity contribution in [2.75, 3.05) is 13.2 Å². The quantitative estimate of drug-likeness (QED) is 0.422. The van der Waals surface area contributed by atoms with Gasteiger partial charge in [0.1, 0.15) is 12.3 Å². The van der Waals surface area contributed by atoms with Gasteiger partial charge >= 0.3 is 6.18 Å². The highest BCUT2D eigenvalue weighted by Gasteiger charge is 2.42. The Morgan fingerprint density at radius 3 is 2.66 bits per heavy atom. The highest BCUT2D eigenvalue weighted by molar-refractivity contribution is 6.06. The van der Waals surface area contributed by atoms with Crippen molar-refractivity contribution in [2.24, 2.45) is 0 Å². The van der Waals surface area contributed by atoms with Crippen LogP contribution < -0.4 is 4.74 Å². The SMILES string of the molecule is C[C@@]1(COc2cnc(C(F)(F)F)cn2)CCCN1C(=O)c1c(-c2ccccn2)nn2ccccc12. The number of carbonyl (C=O) groups is 1. The summed E-state index contributed by atoms with van der Waals surface area (Å²) in [6, 6.07) is 10.9. The molecule has 0 spiro atoms. The molecule has 1 aliphatic rings. The number of halogens is 3. The maximum atomic E-state index is 13.9. The van der Waals surface area contributed by atoms with Gasteiger partial charge in [-0.2, -0.15) is 18.3 Å². The van der Waals surface area contributed by atoms with E-state index in [0.717, 1.165) is 12.6 Å². The van der Waals surface area contributed by atoms with Gasteiger partial charge in [0.15, 0.2) is 5.69 Å². The molecule has 1 saturated heterocycles. The molecule has 180 valence electrons. The van der Waals surface area contributed by atoms with Gasteiger partial charge in [0, 0.05) is 18.9 Å². The summed E-state index contributed by atoms with van der Waals surface area (Å²) in [5.41, 5.74) is 0.353. The number of hydrogen-bond donors (Lipinski definition) is 0. The van der Waals surface area contributed by atoms with Crippen LogP contribution in [-0.4, -0.2) is 54.1 Å². The summed E-state index contributed by atoms with van der Waals surface area (Å²) in [7, 11) is 0. The van der Waals surface area contributed by atoms with Crippen molar-refractivity contribution in [1.82, 2.24) is 29.5 Å². The Labute approximate surface area is 198 Å². The Morgan fingerprint density at radius 1 is 1.11 bits per heavy atom. The molecule has 1 amide bonds. The van der Waals surface area contributed by atoms with Crippen LogP contribution in [0.15, 0.2) is 61.2 Å². The Bertz CT molecular complexity index is 1360. The van der Waals surface area contributed by atoms with E-state index in [9.17, 15) is 18.0 Å². The first kappa shape index (κ1) is 22.8. The second kappa shape index (κ2) is 8.64. The molecule has 4 aromatic heterocycles. The van der Waals surface area contributed by atoms with Gasteiger partial charge in [-0.3, -0.25) is 9.78 Å². The zero-order valence-electron chi connectivity index (χ0n) is 18.7. The zero-order chi connectivity index (χ0) is 24.6. The number of alkyl halides is 3. The molecule has 1 aliphatic heterocycles. The van der Waals surface area contributed by atoms with Crippen LogP contribution >= 0.6 is 0 Å². The van der Waals surface area contributed by atoms with Gasteiger partial charge in [0.05, 0.1) is 34.7 Å². The molecular weight excluding hydrogens is 461 g/mol. The van der Waals surface area contributed by atoms with Crippen LogP contribution in [0.1, 0.15) is 35.8 Å². The fourth-order valence-electron chi connectivity index (χ4n) is 4.31. The van der Waals surface area contributed by atoms with Crippen LogP contribution in [0.25, 0.3) is 16.9 Å². The topological polar surface area (TPSA) is 85.5 Å². The lowest BCUT2D eigenvalue weighted by molar-refractivity contribution is -0.141. The summed E-state index contributed by atoms with van der Waals surface area (Å²) in [5, 5.41) is 4.61. The van der Waals surface area contributed by atoms with Crippen molar-refractivity contribution < 1.29 is 22.7 Å². The molecule has 0 N–H and O–H groups in total. The second-order valence-corrected chi connectivity index (χ2v) is 8.55. The van der Waals surface area contributed by atoms with Crippen molar-refractivity contribution in [3.63, 3.8) is 0 Å². The number of rotatable bonds is 5. The maximum absolute atomic E-state index is 13.9. The lowest BCUT2D eigenvalue weighted by Crippen LogP contribution is -2.49. The number of amides is 1. The Kier molecular flexibility index (Phi) is 5.62. The number of likely N-dealkylation sites (tertiary alicyclic amines) is 1. The highest BCUT2D eigenvalue weighted by Crippen LogP contribution is 2.35. The summed E-state index contributed by atoms with van der Waals surface area (Å²) in [6.45, 7) is 2.45. The lowest BCUT2D eigenvalue weighted by atomic mass is 9.99. The third-order valence-electron chi connectivity index (χ3n) is 6.10. The summed E-state index contributed by atoms with van der Waals surface area (Å²) >= 11 is 0. The number of aromatic nitrogens is 5. The fraction of sp³-hybridized carbons (Fsp3) is 0.292. The Morgan fingerprint density at radius 2 is 1.94 bits per heavy atom. The van der Waals surface area contributed by atoms with E-state index in [-0.39, 0.29) is 18.4 Å². The second-order valence-electron chi connectivity index (χ2n) is 8.55. The lowest BCUT2D eigenvalue weighted by Gasteiger charge is -2.35. The molecule has 5 heterocycles. The van der Waals surface area contributed by atoms with Gasteiger partial charge in [0.2, 0.25) is 5.88 Å². The first-order valence-corrected chi connectivity index (χ1v) is 11.0. The predicted molar refractivity (Wildman–Crippen MR) is 120 cm³/mol. The van der Waals surface area contributed by atoms with Crippen molar-refractivity contribution in [1.29, 1.82) is 0 Å². The molecule has 0 radical (unpaired) electrons. The first-order chi connectivity index (χ1) is 16.8. The van der Waals surface area contributed by atoms with Crippen molar-refractivity contribution >= 4 is 11.4 Å². The molecule has 11 heteroatoms. The third-order valence-corrected chi connectivity index (χ3v) is 6.10. The third kappa shape index (κ3) is 4.29. The van der Waals surface area contributed by atoms with Gasteiger partial charge in [-0.15, -0.1) is 0 Å². The van der Waals surface area contributed by atoms with Crippen LogP contribution in [0.3, 0.4) is 0 Å². The minimum atomic E-state index is -4.58. The normalized spacial score (nSPS) is 18.2. The van der Waals surface area contributed by atoms with Gasteiger partial charge in [-0.25, -0.2) is 14.5 Å². The average Bonchev–Trinajstić information content (AvgIpc) is 3.44. The van der Waals surface area contributed by atoms with Gasteiger partial charge in [0.25, 0.3) is 5.91 Å². The van der Waals surface area contributed by atoms with Crippen LogP contribution in [0.2, 0.25) is 0 Å². The minimum absolute atomic E-state index is 0.0383. The number of ether oxygens (including phenoxy) is 1. The van der Waals surface area contributed by atoms with Gasteiger partial charge in [-0.1, -0.05) is 12.1 Å². The average molecular weight is 482 g/mol. The fourth-order valence-corrected chi connectivity index (χ4v) is 4.31. The molecule has 0 bridgehead atoms. The molecule has 0 saturated carbocycles. The molecule has 8 nitrogen and oxygen atoms in total. The largest absolute Gasteiger partial charge is 0.474 e. The van der Waals surface area contributed by atoms with Crippen LogP contribution in [0.5, 0.6) is 5.88 Å². The molecule has 1 atom stereocenters. The van der Waals surface area contributed by atoms with Crippen molar-refractivity contribution in [3.8, 4) is 17.3 Å². The van der Waals surface area contributed by atoms with Crippen molar-refractivity contribution in [3.05, 3.63) is 72.4 Å². The number of nitrogens with zero attached hydrogens (tertiary/aromatic N) is 6. The molecular formula is C24H21F3N6O2. The monoisotopic (exact) mass is 482 g/mol. The first-order valence-electron chi connectivity index (χ1n) is 11.0. The highest BCUT2D eigenvalue weighted by atomic mass is 19.4. The van der Waals surface area contributed by atoms with E-state index in [2.05, 4.69) is 20.1 Å². The van der Waals surface area contributed by atoms with E-state index in [1.807, 2.05) is 31.2 Å². The van der Waals surface area contributed by atoms with E-state index >= 15 is 0 Å². The van der Waals surface area contributed by atoms with Gasteiger partial charge < -0.3 is 9.64 Å². The van der Waals surface area contributed by atoms with Crippen LogP contribution in [-0.2, 0) is 6.18 Å². The van der Waals surface area contributed by atoms with E-state index in [1.165, 1.54) is 0 Å². The smallest absolute Gasteiger partial charge is 0.434 e. The minimum Gasteiger partial charge on any atom is -0.474 e. The molecule has 0 unspecified atom stereocenters. The Hall–Kier alpha value is -4.02. The zero-order valence-corrected chi connectivity index (χ0v) is 18.7. The van der Waals surface area contributed by atoms with E-state index in [1.54, 1.807) is 33.9 Å². The van der Waals surface area contributed by atoms with E-state index < -0.39 is 17.4 Å². The number of pyridine rings is 2. The molecule has 0 aliphatic carbocycles. The summed E-state index contributed by atoms with van der Waals surface area (Å²) in [5.74, 6) is -0.252. The van der Waals surface area contributed by atoms with Crippen LogP contribution in [0.4, 0.5) is 13.2 Å². The molecule has 5 rings (SSSR count). The molecule has 1 fully saturated rings. The summed E-state index contributed by atoms with van der Waals surface area (Å²) in [6.07, 6.45) is 1.82. The number of carbonyl (C=O) groups excluding carboxylic acids is 1. The molecule has 4 aromatic rings. The van der Waals surface area contributed by atoms with Crippen LogP contribution in [0, 0.1) is 0 Å². The van der Waals surface area contributed by atoms with Gasteiger partial charge in [-0.05, 0) is 44.0 Å². The molecule has 0 aromatic carbocycles. The molecule has 35 heavy (non-hydrogen) atoms.